The summed E-state index contributed by atoms with van der Waals surface area (Å²) in [4.78, 5) is 0. The van der Waals surface area contributed by atoms with Crippen LogP contribution in [0.1, 0.15) is 46.5 Å². The Hall–Kier alpha value is -1.10. The van der Waals surface area contributed by atoms with E-state index in [4.69, 9.17) is 4.74 Å². The summed E-state index contributed by atoms with van der Waals surface area (Å²) < 4.78 is 5.70. The van der Waals surface area contributed by atoms with Gasteiger partial charge in [0, 0.05) is 6.61 Å². The Morgan fingerprint density at radius 3 is 2.14 bits per heavy atom. The minimum atomic E-state index is -1.12. The Balaban J connectivity index is 3.01. The minimum Gasteiger partial charge on any atom is -0.464 e. The molecule has 0 spiro atoms. The van der Waals surface area contributed by atoms with Gasteiger partial charge < -0.3 is 20.1 Å². The van der Waals surface area contributed by atoms with Crippen LogP contribution in [0.2, 0.25) is 0 Å². The molecule has 0 amide bonds. The van der Waals surface area contributed by atoms with E-state index in [1.54, 1.807) is 12.1 Å². The van der Waals surface area contributed by atoms with Crippen molar-refractivity contribution >= 4 is 0 Å². The Bertz CT molecular complexity index is 405. The fourth-order valence-corrected chi connectivity index (χ4v) is 2.98. The van der Waals surface area contributed by atoms with Crippen LogP contribution in [0.4, 0.5) is 0 Å². The number of hydrogen-bond acceptors (Lipinski definition) is 4. The second kappa shape index (κ2) is 9.13. The van der Waals surface area contributed by atoms with Gasteiger partial charge in [0.15, 0.2) is 0 Å². The molecule has 4 nitrogen and oxygen atoms in total. The van der Waals surface area contributed by atoms with E-state index in [0.717, 1.165) is 6.42 Å². The van der Waals surface area contributed by atoms with Crippen LogP contribution in [-0.4, -0.2) is 34.3 Å². The predicted molar refractivity (Wildman–Crippen MR) is 87.6 cm³/mol. The molecule has 0 saturated carbocycles. The van der Waals surface area contributed by atoms with E-state index in [1.807, 2.05) is 39.0 Å². The van der Waals surface area contributed by atoms with Crippen LogP contribution in [0.3, 0.4) is 0 Å². The van der Waals surface area contributed by atoms with Crippen molar-refractivity contribution in [2.75, 3.05) is 6.61 Å². The largest absolute Gasteiger partial charge is 0.464 e. The highest BCUT2D eigenvalue weighted by molar-refractivity contribution is 5.21. The van der Waals surface area contributed by atoms with Crippen molar-refractivity contribution < 1.29 is 20.1 Å². The maximum atomic E-state index is 10.7. The van der Waals surface area contributed by atoms with Gasteiger partial charge in [0.2, 0.25) is 6.29 Å². The van der Waals surface area contributed by atoms with E-state index in [9.17, 15) is 15.3 Å². The predicted octanol–water partition coefficient (Wildman–Crippen LogP) is 2.96. The zero-order valence-corrected chi connectivity index (χ0v) is 13.9. The van der Waals surface area contributed by atoms with Gasteiger partial charge in [-0.05, 0) is 37.3 Å². The standard InChI is InChI=1S/C18H30O4/c1-4-14(13-19)12-18(6-3,16(20)5-2)17(21)22-15-10-8-7-9-11-15/h7-11,14,16-17,19-21H,4-6,12-13H2,1-3H3. The van der Waals surface area contributed by atoms with Crippen LogP contribution < -0.4 is 4.74 Å². The van der Waals surface area contributed by atoms with Crippen LogP contribution in [-0.2, 0) is 0 Å². The minimum absolute atomic E-state index is 0.0372. The Kier molecular flexibility index (Phi) is 7.87. The average molecular weight is 310 g/mol. The molecule has 0 fully saturated rings. The fraction of sp³-hybridized carbons (Fsp3) is 0.667. The van der Waals surface area contributed by atoms with Gasteiger partial charge in [0.05, 0.1) is 11.5 Å². The molecule has 0 aliphatic carbocycles. The molecule has 4 unspecified atom stereocenters. The number of rotatable bonds is 10. The maximum Gasteiger partial charge on any atom is 0.205 e. The van der Waals surface area contributed by atoms with Crippen LogP contribution in [0.15, 0.2) is 30.3 Å². The fourth-order valence-electron chi connectivity index (χ4n) is 2.98. The Morgan fingerprint density at radius 2 is 1.68 bits per heavy atom. The first-order chi connectivity index (χ1) is 10.5. The van der Waals surface area contributed by atoms with Crippen molar-refractivity contribution in [3.05, 3.63) is 30.3 Å². The molecule has 0 bridgehead atoms. The van der Waals surface area contributed by atoms with Crippen molar-refractivity contribution in [1.29, 1.82) is 0 Å². The van der Waals surface area contributed by atoms with Crippen LogP contribution in [0.5, 0.6) is 5.75 Å². The number of para-hydroxylation sites is 1. The molecule has 0 aliphatic rings. The SMILES string of the molecule is CCC(CO)CC(CC)(C(O)CC)C(O)Oc1ccccc1. The summed E-state index contributed by atoms with van der Waals surface area (Å²) in [5.41, 5.74) is -0.784. The average Bonchev–Trinajstić information content (AvgIpc) is 2.56. The molecule has 1 aromatic carbocycles. The topological polar surface area (TPSA) is 69.9 Å². The van der Waals surface area contributed by atoms with Crippen molar-refractivity contribution in [3.8, 4) is 5.75 Å². The zero-order valence-electron chi connectivity index (χ0n) is 13.9. The molecule has 0 heterocycles. The highest BCUT2D eigenvalue weighted by Gasteiger charge is 2.45. The molecule has 4 heteroatoms. The summed E-state index contributed by atoms with van der Waals surface area (Å²) in [5.74, 6) is 0.614. The van der Waals surface area contributed by atoms with Gasteiger partial charge in [0.1, 0.15) is 5.75 Å². The third-order valence-corrected chi connectivity index (χ3v) is 4.70. The van der Waals surface area contributed by atoms with Crippen LogP contribution >= 0.6 is 0 Å². The first kappa shape index (κ1) is 18.9. The molecule has 1 aromatic rings. The molecular formula is C18H30O4. The second-order valence-electron chi connectivity index (χ2n) is 5.95. The number of hydrogen-bond donors (Lipinski definition) is 3. The van der Waals surface area contributed by atoms with Crippen molar-refractivity contribution in [3.63, 3.8) is 0 Å². The number of benzene rings is 1. The molecule has 3 N–H and O–H groups in total. The number of aliphatic hydroxyl groups excluding tert-OH is 3. The van der Waals surface area contributed by atoms with Gasteiger partial charge in [-0.15, -0.1) is 0 Å². The maximum absolute atomic E-state index is 10.7. The third-order valence-electron chi connectivity index (χ3n) is 4.70. The molecule has 0 aromatic heterocycles. The normalized spacial score (nSPS) is 18.3. The lowest BCUT2D eigenvalue weighted by Gasteiger charge is -2.42. The zero-order chi connectivity index (χ0) is 16.6. The van der Waals surface area contributed by atoms with Gasteiger partial charge in [-0.25, -0.2) is 0 Å². The molecule has 0 aliphatic heterocycles. The first-order valence-corrected chi connectivity index (χ1v) is 8.22. The molecule has 126 valence electrons. The third kappa shape index (κ3) is 4.45. The van der Waals surface area contributed by atoms with E-state index in [0.29, 0.717) is 25.0 Å². The quantitative estimate of drug-likeness (QED) is 0.581. The smallest absolute Gasteiger partial charge is 0.205 e. The second-order valence-corrected chi connectivity index (χ2v) is 5.95. The number of aliphatic hydroxyl groups is 3. The van der Waals surface area contributed by atoms with Crippen molar-refractivity contribution in [2.24, 2.45) is 11.3 Å². The summed E-state index contributed by atoms with van der Waals surface area (Å²) in [6.07, 6.45) is 0.635. The molecule has 0 radical (unpaired) electrons. The van der Waals surface area contributed by atoms with Crippen molar-refractivity contribution in [2.45, 2.75) is 58.8 Å². The lowest BCUT2D eigenvalue weighted by atomic mass is 9.70. The summed E-state index contributed by atoms with van der Waals surface area (Å²) in [5, 5.41) is 30.7. The van der Waals surface area contributed by atoms with Gasteiger partial charge in [-0.2, -0.15) is 0 Å². The summed E-state index contributed by atoms with van der Waals surface area (Å²) >= 11 is 0. The molecule has 1 rings (SSSR count). The first-order valence-electron chi connectivity index (χ1n) is 8.22. The molecule has 22 heavy (non-hydrogen) atoms. The van der Waals surface area contributed by atoms with E-state index < -0.39 is 17.8 Å². The highest BCUT2D eigenvalue weighted by Crippen LogP contribution is 2.40. The Morgan fingerprint density at radius 1 is 1.05 bits per heavy atom. The highest BCUT2D eigenvalue weighted by atomic mass is 16.6. The van der Waals surface area contributed by atoms with E-state index in [1.165, 1.54) is 0 Å². The van der Waals surface area contributed by atoms with Crippen LogP contribution in [0, 0.1) is 11.3 Å². The van der Waals surface area contributed by atoms with Crippen LogP contribution in [0.25, 0.3) is 0 Å². The Labute approximate surface area is 133 Å². The van der Waals surface area contributed by atoms with Crippen molar-refractivity contribution in [1.82, 2.24) is 0 Å². The summed E-state index contributed by atoms with van der Waals surface area (Å²) in [6, 6.07) is 9.13. The number of ether oxygens (including phenoxy) is 1. The van der Waals surface area contributed by atoms with Gasteiger partial charge in [-0.3, -0.25) is 0 Å². The molecule has 0 saturated heterocycles. The van der Waals surface area contributed by atoms with E-state index >= 15 is 0 Å². The van der Waals surface area contributed by atoms with Gasteiger partial charge >= 0.3 is 0 Å². The molecule has 4 atom stereocenters. The monoisotopic (exact) mass is 310 g/mol. The van der Waals surface area contributed by atoms with E-state index in [-0.39, 0.29) is 12.5 Å². The van der Waals surface area contributed by atoms with E-state index in [2.05, 4.69) is 0 Å². The summed E-state index contributed by atoms with van der Waals surface area (Å²) in [6.45, 7) is 5.89. The lowest BCUT2D eigenvalue weighted by molar-refractivity contribution is -0.175. The summed E-state index contributed by atoms with van der Waals surface area (Å²) in [7, 11) is 0. The molecular weight excluding hydrogens is 280 g/mol. The lowest BCUT2D eigenvalue weighted by Crippen LogP contribution is -2.49. The van der Waals surface area contributed by atoms with Gasteiger partial charge in [-0.1, -0.05) is 45.4 Å². The van der Waals surface area contributed by atoms with Gasteiger partial charge in [0.25, 0.3) is 0 Å².